The van der Waals surface area contributed by atoms with Crippen LogP contribution in [-0.4, -0.2) is 79.8 Å². The van der Waals surface area contributed by atoms with Crippen LogP contribution in [0.1, 0.15) is 284 Å². The number of likely N-dealkylation sites (N-methyl/N-ethyl adjacent to an activating group) is 1. The molecule has 0 rings (SSSR count). The maximum atomic E-state index is 13.0. The van der Waals surface area contributed by atoms with E-state index in [2.05, 4.69) is 31.3 Å². The average Bonchev–Trinajstić information content (AvgIpc) is 3.28. The Kier molecular flexibility index (Phi) is 47.3. The summed E-state index contributed by atoms with van der Waals surface area (Å²) in [4.78, 5) is 25.5. The molecular formula is C56H113N2O7P. The van der Waals surface area contributed by atoms with Crippen LogP contribution in [0.5, 0.6) is 0 Å². The van der Waals surface area contributed by atoms with Crippen LogP contribution < -0.4 is 10.2 Å². The first-order chi connectivity index (χ1) is 31.9. The fourth-order valence-corrected chi connectivity index (χ4v) is 9.51. The van der Waals surface area contributed by atoms with Gasteiger partial charge in [-0.2, -0.15) is 0 Å². The van der Waals surface area contributed by atoms with Crippen LogP contribution in [0.4, 0.5) is 0 Å². The van der Waals surface area contributed by atoms with Crippen LogP contribution >= 0.6 is 7.82 Å². The number of phosphoric ester groups is 1. The molecule has 0 fully saturated rings. The second kappa shape index (κ2) is 47.9. The molecule has 3 N–H and O–H groups in total. The van der Waals surface area contributed by atoms with Crippen molar-refractivity contribution in [3.63, 3.8) is 0 Å². The lowest BCUT2D eigenvalue weighted by Gasteiger charge is -2.31. The van der Waals surface area contributed by atoms with E-state index in [9.17, 15) is 24.5 Å². The first-order valence-electron chi connectivity index (χ1n) is 28.6. The van der Waals surface area contributed by atoms with E-state index in [4.69, 9.17) is 9.05 Å². The largest absolute Gasteiger partial charge is 0.756 e. The highest BCUT2D eigenvalue weighted by Crippen LogP contribution is 2.38. The third-order valence-corrected chi connectivity index (χ3v) is 14.3. The summed E-state index contributed by atoms with van der Waals surface area (Å²) >= 11 is 0. The molecular weight excluding hydrogens is 844 g/mol. The van der Waals surface area contributed by atoms with Crippen molar-refractivity contribution < 1.29 is 38.0 Å². The molecule has 0 aliphatic carbocycles. The van der Waals surface area contributed by atoms with Crippen LogP contribution in [0, 0.1) is 0 Å². The number of unbranched alkanes of at least 4 members (excludes halogenated alkanes) is 37. The van der Waals surface area contributed by atoms with E-state index in [0.717, 1.165) is 32.1 Å². The van der Waals surface area contributed by atoms with E-state index in [1.807, 2.05) is 21.1 Å². The molecule has 1 amide bonds. The zero-order chi connectivity index (χ0) is 48.7. The number of aliphatic hydroxyl groups excluding tert-OH is 2. The number of phosphoric acid groups is 1. The monoisotopic (exact) mass is 957 g/mol. The van der Waals surface area contributed by atoms with Gasteiger partial charge >= 0.3 is 0 Å². The van der Waals surface area contributed by atoms with Crippen molar-refractivity contribution >= 4 is 13.7 Å². The predicted molar refractivity (Wildman–Crippen MR) is 281 cm³/mol. The van der Waals surface area contributed by atoms with E-state index >= 15 is 0 Å². The smallest absolute Gasteiger partial charge is 0.268 e. The molecule has 9 nitrogen and oxygen atoms in total. The van der Waals surface area contributed by atoms with Crippen LogP contribution in [0.2, 0.25) is 0 Å². The van der Waals surface area contributed by atoms with Crippen LogP contribution in [0.25, 0.3) is 0 Å². The van der Waals surface area contributed by atoms with Gasteiger partial charge < -0.3 is 34.0 Å². The number of quaternary nitrogens is 1. The lowest BCUT2D eigenvalue weighted by Crippen LogP contribution is -2.51. The quantitative estimate of drug-likeness (QED) is 0.0240. The van der Waals surface area contributed by atoms with Gasteiger partial charge in [-0.15, -0.1) is 0 Å². The number of hydrogen-bond donors (Lipinski definition) is 3. The van der Waals surface area contributed by atoms with E-state index in [1.54, 1.807) is 0 Å². The van der Waals surface area contributed by atoms with Crippen LogP contribution in [-0.2, 0) is 18.4 Å². The maximum Gasteiger partial charge on any atom is 0.268 e. The average molecular weight is 958 g/mol. The van der Waals surface area contributed by atoms with Gasteiger partial charge in [0.1, 0.15) is 19.3 Å². The Bertz CT molecular complexity index is 1100. The number of nitrogens with one attached hydrogen (secondary N) is 1. The number of aliphatic hydroxyl groups is 2. The molecule has 0 saturated carbocycles. The molecule has 10 heteroatoms. The number of rotatable bonds is 53. The highest BCUT2D eigenvalue weighted by molar-refractivity contribution is 7.45. The van der Waals surface area contributed by atoms with Gasteiger partial charge in [0.05, 0.1) is 39.9 Å². The summed E-state index contributed by atoms with van der Waals surface area (Å²) in [5.74, 6) is -0.282. The molecule has 394 valence electrons. The Morgan fingerprint density at radius 1 is 0.530 bits per heavy atom. The molecule has 0 spiro atoms. The number of carbonyl (C=O) groups excluding carboxylic acids is 1. The molecule has 0 saturated heterocycles. The van der Waals surface area contributed by atoms with Crippen molar-refractivity contribution in [3.8, 4) is 0 Å². The lowest BCUT2D eigenvalue weighted by atomic mass is 10.0. The lowest BCUT2D eigenvalue weighted by molar-refractivity contribution is -0.870. The highest BCUT2D eigenvalue weighted by Gasteiger charge is 2.29. The number of nitrogens with zero attached hydrogens (tertiary/aromatic N) is 1. The van der Waals surface area contributed by atoms with Gasteiger partial charge in [-0.05, 0) is 38.5 Å². The molecule has 0 aliphatic heterocycles. The van der Waals surface area contributed by atoms with Gasteiger partial charge in [0.25, 0.3) is 7.82 Å². The summed E-state index contributed by atoms with van der Waals surface area (Å²) in [6, 6.07) is -1.09. The van der Waals surface area contributed by atoms with Gasteiger partial charge in [0, 0.05) is 6.42 Å². The molecule has 4 atom stereocenters. The number of carbonyl (C=O) groups is 1. The van der Waals surface area contributed by atoms with Gasteiger partial charge in [0.15, 0.2) is 0 Å². The molecule has 0 aromatic carbocycles. The molecule has 0 aromatic rings. The molecule has 0 heterocycles. The first kappa shape index (κ1) is 65.2. The van der Waals surface area contributed by atoms with Crippen molar-refractivity contribution in [1.82, 2.24) is 5.32 Å². The minimum atomic E-state index is -4.67. The summed E-state index contributed by atoms with van der Waals surface area (Å²) < 4.78 is 23.2. The molecule has 0 aliphatic rings. The highest BCUT2D eigenvalue weighted by atomic mass is 31.2. The second-order valence-electron chi connectivity index (χ2n) is 21.1. The zero-order valence-electron chi connectivity index (χ0n) is 44.5. The summed E-state index contributed by atoms with van der Waals surface area (Å²) in [6.07, 6.45) is 54.4. The molecule has 0 radical (unpaired) electrons. The normalized spacial score (nSPS) is 14.5. The summed E-state index contributed by atoms with van der Waals surface area (Å²) in [6.45, 7) is 4.44. The fraction of sp³-hybridized carbons (Fsp3) is 0.946. The first-order valence-corrected chi connectivity index (χ1v) is 30.1. The third kappa shape index (κ3) is 48.2. The summed E-state index contributed by atoms with van der Waals surface area (Å²) in [7, 11) is 1.12. The van der Waals surface area contributed by atoms with Gasteiger partial charge in [-0.1, -0.05) is 251 Å². The Hall–Kier alpha value is -0.800. The van der Waals surface area contributed by atoms with Crippen LogP contribution in [0.15, 0.2) is 12.2 Å². The molecule has 0 aromatic heterocycles. The van der Waals surface area contributed by atoms with Crippen molar-refractivity contribution in [1.29, 1.82) is 0 Å². The Labute approximate surface area is 410 Å². The van der Waals surface area contributed by atoms with Crippen molar-refractivity contribution in [2.75, 3.05) is 40.9 Å². The van der Waals surface area contributed by atoms with Gasteiger partial charge in [-0.3, -0.25) is 9.36 Å². The maximum absolute atomic E-state index is 13.0. The molecule has 66 heavy (non-hydrogen) atoms. The zero-order valence-corrected chi connectivity index (χ0v) is 45.4. The molecule has 0 bridgehead atoms. The molecule has 4 unspecified atom stereocenters. The summed E-state index contributed by atoms with van der Waals surface area (Å²) in [5.41, 5.74) is 0. The van der Waals surface area contributed by atoms with Crippen LogP contribution in [0.3, 0.4) is 0 Å². The van der Waals surface area contributed by atoms with E-state index in [-0.39, 0.29) is 18.9 Å². The van der Waals surface area contributed by atoms with E-state index < -0.39 is 32.7 Å². The standard InChI is InChI=1S/C56H113N2O7P/c1-6-8-10-12-14-16-18-20-21-22-23-24-25-26-27-28-29-30-31-32-33-34-35-36-37-39-41-43-45-47-49-55(60)57-53(52-65-66(62,63)64-51-50-58(3,4)5)56(61)54(59)48-46-44-42-40-38-19-17-15-13-11-9-7-2/h40,42,53-54,56,59,61H,6-39,41,43-52H2,1-5H3,(H-,57,60,62,63)/b42-40+. The van der Waals surface area contributed by atoms with Gasteiger partial charge in [-0.25, -0.2) is 0 Å². The minimum absolute atomic E-state index is 0.0430. The topological polar surface area (TPSA) is 128 Å². The Morgan fingerprint density at radius 2 is 0.864 bits per heavy atom. The number of amides is 1. The minimum Gasteiger partial charge on any atom is -0.756 e. The number of hydrogen-bond acceptors (Lipinski definition) is 7. The predicted octanol–water partition coefficient (Wildman–Crippen LogP) is 15.4. The second-order valence-corrected chi connectivity index (χ2v) is 22.5. The van der Waals surface area contributed by atoms with Crippen molar-refractivity contribution in [3.05, 3.63) is 12.2 Å². The van der Waals surface area contributed by atoms with Crippen molar-refractivity contribution in [2.24, 2.45) is 0 Å². The van der Waals surface area contributed by atoms with Gasteiger partial charge in [0.2, 0.25) is 5.91 Å². The van der Waals surface area contributed by atoms with Crippen molar-refractivity contribution in [2.45, 2.75) is 302 Å². The SMILES string of the molecule is CCCCCCCCC/C=C/CCCC(O)C(O)C(COP(=O)([O-])OCC[N+](C)(C)C)NC(=O)CCCCCCCCCCCCCCCCCCCCCCCCCCCCCCCC. The fourth-order valence-electron chi connectivity index (χ4n) is 8.79. The van der Waals surface area contributed by atoms with E-state index in [0.29, 0.717) is 23.9 Å². The van der Waals surface area contributed by atoms with E-state index in [1.165, 1.54) is 218 Å². The summed E-state index contributed by atoms with van der Waals surface area (Å²) in [5, 5.41) is 24.7. The Balaban J connectivity index is 4.09. The Morgan fingerprint density at radius 3 is 1.23 bits per heavy atom. The number of allylic oxidation sites excluding steroid dienone is 2. The third-order valence-electron chi connectivity index (χ3n) is 13.3.